The number of ether oxygens (including phenoxy) is 1. The highest BCUT2D eigenvalue weighted by Gasteiger charge is 2.19. The highest BCUT2D eigenvalue weighted by molar-refractivity contribution is 5.80. The van der Waals surface area contributed by atoms with Gasteiger partial charge >= 0.3 is 0 Å². The van der Waals surface area contributed by atoms with Crippen molar-refractivity contribution in [3.05, 3.63) is 0 Å². The van der Waals surface area contributed by atoms with Gasteiger partial charge in [0.2, 0.25) is 5.91 Å². The van der Waals surface area contributed by atoms with E-state index in [9.17, 15) is 13.6 Å². The summed E-state index contributed by atoms with van der Waals surface area (Å²) < 4.78 is 28.1. The average Bonchev–Trinajstić information content (AvgIpc) is 2.11. The molecule has 0 radical (unpaired) electrons. The van der Waals surface area contributed by atoms with E-state index in [-0.39, 0.29) is 0 Å². The number of alkyl halides is 2. The van der Waals surface area contributed by atoms with Gasteiger partial charge in [-0.05, 0) is 6.92 Å². The number of aliphatic hydroxyl groups is 1. The van der Waals surface area contributed by atoms with E-state index in [1.165, 1.54) is 14.0 Å². The smallest absolute Gasteiger partial charge is 0.265 e. The molecule has 0 aromatic carbocycles. The van der Waals surface area contributed by atoms with E-state index in [1.807, 2.05) is 0 Å². The number of carbonyl (C=O) groups excluding carboxylic acids is 1. The van der Waals surface area contributed by atoms with Crippen LogP contribution in [0.4, 0.5) is 8.78 Å². The molecule has 4 nitrogen and oxygen atoms in total. The highest BCUT2D eigenvalue weighted by atomic mass is 19.3. The molecule has 0 aliphatic carbocycles. The average molecular weight is 197 g/mol. The number of amides is 1. The van der Waals surface area contributed by atoms with Crippen LogP contribution in [0.3, 0.4) is 0 Å². The predicted octanol–water partition coefficient (Wildman–Crippen LogP) is -0.237. The lowest BCUT2D eigenvalue weighted by Gasteiger charge is -2.13. The summed E-state index contributed by atoms with van der Waals surface area (Å²) in [5.41, 5.74) is 0. The zero-order valence-corrected chi connectivity index (χ0v) is 7.46. The Balaban J connectivity index is 3.70. The Hall–Kier alpha value is -0.750. The summed E-state index contributed by atoms with van der Waals surface area (Å²) in [7, 11) is 1.33. The van der Waals surface area contributed by atoms with Crippen LogP contribution in [0.1, 0.15) is 6.92 Å². The number of carbonyl (C=O) groups is 1. The third-order valence-electron chi connectivity index (χ3n) is 1.50. The zero-order chi connectivity index (χ0) is 10.4. The molecule has 0 spiro atoms. The maximum atomic E-state index is 11.7. The van der Waals surface area contributed by atoms with E-state index in [1.54, 1.807) is 0 Å². The molecule has 0 rings (SSSR count). The second-order valence-electron chi connectivity index (χ2n) is 2.52. The van der Waals surface area contributed by atoms with Gasteiger partial charge in [-0.15, -0.1) is 0 Å². The first kappa shape index (κ1) is 12.2. The van der Waals surface area contributed by atoms with Gasteiger partial charge < -0.3 is 15.2 Å². The summed E-state index contributed by atoms with van der Waals surface area (Å²) in [6.45, 7) is 1.01. The maximum absolute atomic E-state index is 11.7. The van der Waals surface area contributed by atoms with Crippen LogP contribution in [-0.2, 0) is 9.53 Å². The standard InChI is InChI=1S/C7H13F2NO3/c1-4(13-2)7(12)10-3-5(11)6(8)9/h4-6,11H,3H2,1-2H3,(H,10,12). The maximum Gasteiger partial charge on any atom is 0.265 e. The lowest BCUT2D eigenvalue weighted by molar-refractivity contribution is -0.131. The zero-order valence-electron chi connectivity index (χ0n) is 7.46. The molecule has 0 aromatic heterocycles. The third-order valence-corrected chi connectivity index (χ3v) is 1.50. The van der Waals surface area contributed by atoms with Crippen molar-refractivity contribution < 1.29 is 23.4 Å². The minimum absolute atomic E-state index is 0.468. The van der Waals surface area contributed by atoms with E-state index < -0.39 is 31.1 Å². The number of aliphatic hydroxyl groups excluding tert-OH is 1. The number of hydrogen-bond donors (Lipinski definition) is 2. The monoisotopic (exact) mass is 197 g/mol. The fourth-order valence-corrected chi connectivity index (χ4v) is 0.545. The molecule has 0 saturated heterocycles. The molecule has 0 bridgehead atoms. The molecule has 0 aliphatic heterocycles. The van der Waals surface area contributed by atoms with Gasteiger partial charge in [0.05, 0.1) is 0 Å². The lowest BCUT2D eigenvalue weighted by Crippen LogP contribution is -2.40. The van der Waals surface area contributed by atoms with Crippen molar-refractivity contribution in [2.24, 2.45) is 0 Å². The summed E-state index contributed by atoms with van der Waals surface area (Å²) in [5.74, 6) is -0.526. The minimum atomic E-state index is -2.85. The first-order valence-electron chi connectivity index (χ1n) is 3.75. The van der Waals surface area contributed by atoms with Crippen LogP contribution < -0.4 is 5.32 Å². The molecule has 0 heterocycles. The molecule has 0 saturated carbocycles. The van der Waals surface area contributed by atoms with Gasteiger partial charge in [0, 0.05) is 13.7 Å². The van der Waals surface area contributed by atoms with Crippen LogP contribution in [0, 0.1) is 0 Å². The normalized spacial score (nSPS) is 15.5. The molecular weight excluding hydrogens is 184 g/mol. The molecule has 0 fully saturated rings. The lowest BCUT2D eigenvalue weighted by atomic mass is 10.3. The Labute approximate surface area is 74.9 Å². The van der Waals surface area contributed by atoms with Gasteiger partial charge in [0.15, 0.2) is 0 Å². The van der Waals surface area contributed by atoms with E-state index in [2.05, 4.69) is 10.1 Å². The predicted molar refractivity (Wildman–Crippen MR) is 41.5 cm³/mol. The molecule has 2 unspecified atom stereocenters. The van der Waals surface area contributed by atoms with Crippen LogP contribution in [0.15, 0.2) is 0 Å². The van der Waals surface area contributed by atoms with Gasteiger partial charge in [-0.1, -0.05) is 0 Å². The molecule has 2 atom stereocenters. The second-order valence-corrected chi connectivity index (χ2v) is 2.52. The fraction of sp³-hybridized carbons (Fsp3) is 0.857. The Morgan fingerprint density at radius 3 is 2.54 bits per heavy atom. The van der Waals surface area contributed by atoms with Crippen molar-refractivity contribution in [1.29, 1.82) is 0 Å². The Morgan fingerprint density at radius 1 is 1.62 bits per heavy atom. The first-order valence-corrected chi connectivity index (χ1v) is 3.75. The van der Waals surface area contributed by atoms with E-state index in [0.29, 0.717) is 0 Å². The number of halogens is 2. The summed E-state index contributed by atoms with van der Waals surface area (Å²) >= 11 is 0. The number of hydrogen-bond acceptors (Lipinski definition) is 3. The molecule has 0 aliphatic rings. The molecule has 13 heavy (non-hydrogen) atoms. The van der Waals surface area contributed by atoms with E-state index >= 15 is 0 Å². The molecular formula is C7H13F2NO3. The van der Waals surface area contributed by atoms with Crippen LogP contribution in [0.25, 0.3) is 0 Å². The Morgan fingerprint density at radius 2 is 2.15 bits per heavy atom. The first-order chi connectivity index (χ1) is 5.99. The number of rotatable bonds is 5. The number of methoxy groups -OCH3 is 1. The van der Waals surface area contributed by atoms with Crippen molar-refractivity contribution in [2.45, 2.75) is 25.6 Å². The molecule has 6 heteroatoms. The fourth-order valence-electron chi connectivity index (χ4n) is 0.545. The summed E-state index contributed by atoms with van der Waals surface area (Å²) in [6.07, 6.45) is -5.38. The van der Waals surface area contributed by atoms with Gasteiger partial charge in [0.1, 0.15) is 12.2 Å². The molecule has 78 valence electrons. The van der Waals surface area contributed by atoms with Crippen molar-refractivity contribution in [2.75, 3.05) is 13.7 Å². The molecule has 0 aromatic rings. The molecule has 2 N–H and O–H groups in total. The van der Waals surface area contributed by atoms with Crippen molar-refractivity contribution in [3.8, 4) is 0 Å². The van der Waals surface area contributed by atoms with Crippen molar-refractivity contribution in [3.63, 3.8) is 0 Å². The Kier molecular flexibility index (Phi) is 5.48. The summed E-state index contributed by atoms with van der Waals surface area (Å²) in [6, 6.07) is 0. The van der Waals surface area contributed by atoms with Gasteiger partial charge in [-0.25, -0.2) is 8.78 Å². The van der Waals surface area contributed by atoms with Crippen LogP contribution in [-0.4, -0.2) is 43.3 Å². The summed E-state index contributed by atoms with van der Waals surface area (Å²) in [4.78, 5) is 10.9. The van der Waals surface area contributed by atoms with Crippen LogP contribution in [0.5, 0.6) is 0 Å². The van der Waals surface area contributed by atoms with Gasteiger partial charge in [-0.2, -0.15) is 0 Å². The largest absolute Gasteiger partial charge is 0.385 e. The van der Waals surface area contributed by atoms with Gasteiger partial charge in [-0.3, -0.25) is 4.79 Å². The molecule has 1 amide bonds. The quantitative estimate of drug-likeness (QED) is 0.639. The van der Waals surface area contributed by atoms with Crippen LogP contribution >= 0.6 is 0 Å². The van der Waals surface area contributed by atoms with Gasteiger partial charge in [0.25, 0.3) is 6.43 Å². The van der Waals surface area contributed by atoms with E-state index in [0.717, 1.165) is 0 Å². The summed E-state index contributed by atoms with van der Waals surface area (Å²) in [5, 5.41) is 10.7. The third kappa shape index (κ3) is 4.74. The van der Waals surface area contributed by atoms with Crippen LogP contribution in [0.2, 0.25) is 0 Å². The second kappa shape index (κ2) is 5.82. The SMILES string of the molecule is COC(C)C(=O)NCC(O)C(F)F. The topological polar surface area (TPSA) is 58.6 Å². The van der Waals surface area contributed by atoms with E-state index in [4.69, 9.17) is 5.11 Å². The highest BCUT2D eigenvalue weighted by Crippen LogP contribution is 1.98. The Bertz CT molecular complexity index is 166. The van der Waals surface area contributed by atoms with Crippen molar-refractivity contribution in [1.82, 2.24) is 5.32 Å². The van der Waals surface area contributed by atoms with Crippen molar-refractivity contribution >= 4 is 5.91 Å². The minimum Gasteiger partial charge on any atom is -0.385 e. The number of nitrogens with one attached hydrogen (secondary N) is 1.